The Bertz CT molecular complexity index is 688. The Hall–Kier alpha value is -2.31. The Kier molecular flexibility index (Phi) is 6.30. The SMILES string of the molecule is COc1ccc(OC[C@@H](O)C[NH+]2CCN(c3ccccc3F)CC2)cc1. The maximum absolute atomic E-state index is 13.9. The summed E-state index contributed by atoms with van der Waals surface area (Å²) in [6.45, 7) is 4.18. The van der Waals surface area contributed by atoms with E-state index < -0.39 is 6.10 Å². The van der Waals surface area contributed by atoms with E-state index in [0.29, 0.717) is 18.0 Å². The fourth-order valence-corrected chi connectivity index (χ4v) is 3.23. The Balaban J connectivity index is 1.41. The Morgan fingerprint density at radius 1 is 1.08 bits per heavy atom. The van der Waals surface area contributed by atoms with Crippen molar-refractivity contribution < 1.29 is 23.9 Å². The summed E-state index contributed by atoms with van der Waals surface area (Å²) in [5.41, 5.74) is 0.662. The second-order valence-corrected chi connectivity index (χ2v) is 6.53. The van der Waals surface area contributed by atoms with Crippen LogP contribution in [-0.2, 0) is 0 Å². The number of nitrogens with one attached hydrogen (secondary N) is 1. The predicted molar refractivity (Wildman–Crippen MR) is 98.7 cm³/mol. The lowest BCUT2D eigenvalue weighted by Gasteiger charge is -2.34. The number of halogens is 1. The van der Waals surface area contributed by atoms with Crippen LogP contribution in [-0.4, -0.2) is 57.7 Å². The van der Waals surface area contributed by atoms with Crippen LogP contribution in [0.1, 0.15) is 0 Å². The summed E-state index contributed by atoms with van der Waals surface area (Å²) in [6, 6.07) is 14.2. The molecule has 2 aromatic carbocycles. The molecule has 26 heavy (non-hydrogen) atoms. The Labute approximate surface area is 153 Å². The number of hydrogen-bond donors (Lipinski definition) is 2. The number of quaternary nitrogens is 1. The number of benzene rings is 2. The summed E-state index contributed by atoms with van der Waals surface area (Å²) >= 11 is 0. The molecule has 2 N–H and O–H groups in total. The second kappa shape index (κ2) is 8.87. The van der Waals surface area contributed by atoms with E-state index in [9.17, 15) is 9.50 Å². The molecule has 0 saturated carbocycles. The van der Waals surface area contributed by atoms with Crippen LogP contribution in [0.5, 0.6) is 11.5 Å². The molecule has 1 aliphatic heterocycles. The van der Waals surface area contributed by atoms with Crippen LogP contribution in [0.25, 0.3) is 0 Å². The summed E-state index contributed by atoms with van der Waals surface area (Å²) in [4.78, 5) is 3.38. The van der Waals surface area contributed by atoms with Crippen LogP contribution in [0.15, 0.2) is 48.5 Å². The van der Waals surface area contributed by atoms with Gasteiger partial charge in [-0.3, -0.25) is 0 Å². The molecule has 1 saturated heterocycles. The number of para-hydroxylation sites is 1. The minimum atomic E-state index is -0.535. The van der Waals surface area contributed by atoms with Crippen molar-refractivity contribution in [3.63, 3.8) is 0 Å². The molecule has 0 spiro atoms. The van der Waals surface area contributed by atoms with Crippen molar-refractivity contribution in [3.8, 4) is 11.5 Å². The van der Waals surface area contributed by atoms with Crippen molar-refractivity contribution in [1.82, 2.24) is 0 Å². The molecule has 1 atom stereocenters. The fourth-order valence-electron chi connectivity index (χ4n) is 3.23. The molecule has 6 heteroatoms. The van der Waals surface area contributed by atoms with Gasteiger partial charge in [0.05, 0.1) is 39.0 Å². The number of methoxy groups -OCH3 is 1. The van der Waals surface area contributed by atoms with Gasteiger partial charge in [-0.15, -0.1) is 0 Å². The van der Waals surface area contributed by atoms with E-state index in [1.165, 1.54) is 11.0 Å². The molecule has 1 fully saturated rings. The van der Waals surface area contributed by atoms with Gasteiger partial charge >= 0.3 is 0 Å². The largest absolute Gasteiger partial charge is 0.497 e. The van der Waals surface area contributed by atoms with Gasteiger partial charge in [0.1, 0.15) is 36.6 Å². The molecule has 0 bridgehead atoms. The van der Waals surface area contributed by atoms with Crippen LogP contribution in [0.2, 0.25) is 0 Å². The highest BCUT2D eigenvalue weighted by Gasteiger charge is 2.24. The smallest absolute Gasteiger partial charge is 0.146 e. The van der Waals surface area contributed by atoms with E-state index in [-0.39, 0.29) is 12.4 Å². The molecular weight excluding hydrogens is 335 g/mol. The van der Waals surface area contributed by atoms with E-state index in [1.54, 1.807) is 13.2 Å². The number of aliphatic hydroxyl groups excluding tert-OH is 1. The van der Waals surface area contributed by atoms with Crippen molar-refractivity contribution in [2.75, 3.05) is 51.3 Å². The summed E-state index contributed by atoms with van der Waals surface area (Å²) < 4.78 is 24.6. The van der Waals surface area contributed by atoms with Crippen molar-refractivity contribution in [2.45, 2.75) is 6.10 Å². The fraction of sp³-hybridized carbons (Fsp3) is 0.400. The van der Waals surface area contributed by atoms with Crippen molar-refractivity contribution in [1.29, 1.82) is 0 Å². The van der Waals surface area contributed by atoms with Gasteiger partial charge < -0.3 is 24.4 Å². The normalized spacial score (nSPS) is 16.3. The number of rotatable bonds is 7. The van der Waals surface area contributed by atoms with Gasteiger partial charge in [-0.1, -0.05) is 12.1 Å². The molecule has 0 aromatic heterocycles. The monoisotopic (exact) mass is 361 g/mol. The standard InChI is InChI=1S/C20H25FN2O3/c1-25-17-6-8-18(9-7-17)26-15-16(24)14-22-10-12-23(13-11-22)20-5-3-2-4-19(20)21/h2-9,16,24H,10-15H2,1H3/p+1/t16-/m0/s1. The average Bonchev–Trinajstić information content (AvgIpc) is 2.68. The lowest BCUT2D eigenvalue weighted by molar-refractivity contribution is -0.903. The maximum Gasteiger partial charge on any atom is 0.146 e. The molecule has 0 aliphatic carbocycles. The second-order valence-electron chi connectivity index (χ2n) is 6.53. The van der Waals surface area contributed by atoms with E-state index in [2.05, 4.69) is 4.90 Å². The molecule has 140 valence electrons. The van der Waals surface area contributed by atoms with E-state index in [4.69, 9.17) is 9.47 Å². The van der Waals surface area contributed by atoms with Crippen LogP contribution < -0.4 is 19.3 Å². The number of aliphatic hydroxyl groups is 1. The number of ether oxygens (including phenoxy) is 2. The number of anilines is 1. The molecule has 1 aliphatic rings. The number of hydrogen-bond acceptors (Lipinski definition) is 4. The summed E-state index contributed by atoms with van der Waals surface area (Å²) in [5, 5.41) is 10.2. The van der Waals surface area contributed by atoms with Crippen molar-refractivity contribution in [3.05, 3.63) is 54.3 Å². The molecule has 5 nitrogen and oxygen atoms in total. The van der Waals surface area contributed by atoms with Gasteiger partial charge in [0.2, 0.25) is 0 Å². The summed E-state index contributed by atoms with van der Waals surface area (Å²) in [5.74, 6) is 1.31. The molecule has 1 heterocycles. The highest BCUT2D eigenvalue weighted by atomic mass is 19.1. The molecule has 0 amide bonds. The molecule has 0 unspecified atom stereocenters. The zero-order chi connectivity index (χ0) is 18.4. The first-order chi connectivity index (χ1) is 12.7. The Morgan fingerprint density at radius 2 is 1.73 bits per heavy atom. The first-order valence-electron chi connectivity index (χ1n) is 8.93. The van der Waals surface area contributed by atoms with Gasteiger partial charge in [0, 0.05) is 0 Å². The summed E-state index contributed by atoms with van der Waals surface area (Å²) in [7, 11) is 1.62. The summed E-state index contributed by atoms with van der Waals surface area (Å²) in [6.07, 6.45) is -0.535. The number of nitrogens with zero attached hydrogens (tertiary/aromatic N) is 1. The lowest BCUT2D eigenvalue weighted by atomic mass is 10.2. The van der Waals surface area contributed by atoms with Crippen LogP contribution >= 0.6 is 0 Å². The first-order valence-corrected chi connectivity index (χ1v) is 8.93. The third kappa shape index (κ3) is 4.86. The number of piperazine rings is 1. The minimum absolute atomic E-state index is 0.177. The quantitative estimate of drug-likeness (QED) is 0.772. The van der Waals surface area contributed by atoms with Crippen molar-refractivity contribution in [2.24, 2.45) is 0 Å². The van der Waals surface area contributed by atoms with E-state index in [0.717, 1.165) is 31.9 Å². The van der Waals surface area contributed by atoms with Crippen LogP contribution in [0, 0.1) is 5.82 Å². The van der Waals surface area contributed by atoms with Gasteiger partial charge in [-0.2, -0.15) is 0 Å². The topological polar surface area (TPSA) is 46.4 Å². The third-order valence-corrected chi connectivity index (χ3v) is 4.69. The molecule has 3 rings (SSSR count). The predicted octanol–water partition coefficient (Wildman–Crippen LogP) is 0.979. The average molecular weight is 361 g/mol. The molecule has 2 aromatic rings. The third-order valence-electron chi connectivity index (χ3n) is 4.69. The molecular formula is C20H26FN2O3+. The first kappa shape index (κ1) is 18.5. The van der Waals surface area contributed by atoms with Gasteiger partial charge in [0.15, 0.2) is 0 Å². The Morgan fingerprint density at radius 3 is 2.38 bits per heavy atom. The van der Waals surface area contributed by atoms with Crippen molar-refractivity contribution >= 4 is 5.69 Å². The maximum atomic E-state index is 13.9. The van der Waals surface area contributed by atoms with Gasteiger partial charge in [-0.25, -0.2) is 4.39 Å². The van der Waals surface area contributed by atoms with Crippen LogP contribution in [0.4, 0.5) is 10.1 Å². The highest BCUT2D eigenvalue weighted by Crippen LogP contribution is 2.18. The molecule has 0 radical (unpaired) electrons. The lowest BCUT2D eigenvalue weighted by Crippen LogP contribution is -3.16. The van der Waals surface area contributed by atoms with E-state index >= 15 is 0 Å². The van der Waals surface area contributed by atoms with Gasteiger partial charge in [0.25, 0.3) is 0 Å². The highest BCUT2D eigenvalue weighted by molar-refractivity contribution is 5.47. The van der Waals surface area contributed by atoms with Crippen LogP contribution in [0.3, 0.4) is 0 Å². The zero-order valence-corrected chi connectivity index (χ0v) is 15.0. The minimum Gasteiger partial charge on any atom is -0.497 e. The van der Waals surface area contributed by atoms with E-state index in [1.807, 2.05) is 36.4 Å². The van der Waals surface area contributed by atoms with Gasteiger partial charge in [-0.05, 0) is 36.4 Å². The zero-order valence-electron chi connectivity index (χ0n) is 15.0.